The van der Waals surface area contributed by atoms with Gasteiger partial charge < -0.3 is 130 Å². The lowest BCUT2D eigenvalue weighted by Gasteiger charge is -2.28. The molecule has 6 rings (SSSR count). The van der Waals surface area contributed by atoms with Crippen molar-refractivity contribution in [2.75, 3.05) is 309 Å². The summed E-state index contributed by atoms with van der Waals surface area (Å²) >= 11 is 2.12. The van der Waals surface area contributed by atoms with E-state index < -0.39 is 35.3 Å². The van der Waals surface area contributed by atoms with Crippen molar-refractivity contribution < 1.29 is 128 Å². The smallest absolute Gasteiger partial charge is 0.295 e. The summed E-state index contributed by atoms with van der Waals surface area (Å²) in [6.07, 6.45) is 6.63. The minimum atomic E-state index is -0.746. The molecule has 0 unspecified atom stereocenters. The number of methoxy groups -OCH3 is 2. The maximum atomic E-state index is 13.8. The van der Waals surface area contributed by atoms with Gasteiger partial charge in [0.15, 0.2) is 5.82 Å². The molecule has 0 aliphatic carbocycles. The van der Waals surface area contributed by atoms with Crippen molar-refractivity contribution in [2.45, 2.75) is 32.4 Å². The zero-order chi connectivity index (χ0) is 85.2. The van der Waals surface area contributed by atoms with Crippen LogP contribution >= 0.6 is 22.6 Å². The SMILES string of the molecule is COCCOCCOCCOCCOCCOCCOCCOCCOCCOCCOCCOCCNC(=O)CN(CC(=O)NCCn1cc(COCCOCCOCCOCCNC(=O)c2ncn(-c3ncc(OC)c4c(C(=O)C(=O)N5CCC(=C(C#N)c6ccccc6)CC5)c[nH]c34)n2)nn1)C(=O)CCOCCOCCOCCOCI. The molecule has 1 aliphatic heterocycles. The number of ether oxygens (including phenoxy) is 21. The second kappa shape index (κ2) is 66.8. The van der Waals surface area contributed by atoms with Crippen molar-refractivity contribution in [3.05, 3.63) is 83.5 Å². The first-order valence-electron chi connectivity index (χ1n) is 40.0. The number of nitriles is 1. The summed E-state index contributed by atoms with van der Waals surface area (Å²) in [4.78, 5) is 94.4. The first kappa shape index (κ1) is 101. The molecule has 1 saturated heterocycles. The molecule has 1 aliphatic rings. The fourth-order valence-corrected chi connectivity index (χ4v) is 11.2. The molecule has 41 nitrogen and oxygen atoms in total. The number of alkyl halides is 1. The Morgan fingerprint density at radius 1 is 0.533 bits per heavy atom. The van der Waals surface area contributed by atoms with Crippen LogP contribution in [0.1, 0.15) is 51.5 Å². The Balaban J connectivity index is 0.735. The number of nitrogens with one attached hydrogen (secondary N) is 4. The third kappa shape index (κ3) is 43.8. The molecule has 0 radical (unpaired) electrons. The van der Waals surface area contributed by atoms with Gasteiger partial charge in [0.05, 0.1) is 316 Å². The Morgan fingerprint density at radius 3 is 1.44 bits per heavy atom. The van der Waals surface area contributed by atoms with Crippen LogP contribution in [0.4, 0.5) is 0 Å². The summed E-state index contributed by atoms with van der Waals surface area (Å²) in [5.41, 5.74) is 3.29. The number of carbonyl (C=O) groups is 6. The van der Waals surface area contributed by atoms with Crippen LogP contribution in [0, 0.1) is 11.3 Å². The van der Waals surface area contributed by atoms with Crippen LogP contribution in [0.15, 0.2) is 60.8 Å². The number of hydrogen-bond acceptors (Lipinski definition) is 33. The van der Waals surface area contributed by atoms with E-state index in [9.17, 15) is 34.0 Å². The van der Waals surface area contributed by atoms with Gasteiger partial charge in [0.1, 0.15) is 30.9 Å². The maximum Gasteiger partial charge on any atom is 0.295 e. The minimum Gasteiger partial charge on any atom is -0.494 e. The topological polar surface area (TPSA) is 453 Å². The van der Waals surface area contributed by atoms with E-state index in [-0.39, 0.29) is 148 Å². The fourth-order valence-electron chi connectivity index (χ4n) is 10.9. The second-order valence-electron chi connectivity index (χ2n) is 25.6. The number of pyridine rings is 1. The van der Waals surface area contributed by atoms with Gasteiger partial charge in [-0.05, 0) is 24.0 Å². The highest BCUT2D eigenvalue weighted by molar-refractivity contribution is 14.1. The Kier molecular flexibility index (Phi) is 56.2. The van der Waals surface area contributed by atoms with Gasteiger partial charge in [-0.2, -0.15) is 9.94 Å². The number of H-pyrrole nitrogens is 1. The van der Waals surface area contributed by atoms with Crippen LogP contribution in [-0.4, -0.2) is 394 Å². The van der Waals surface area contributed by atoms with Gasteiger partial charge in [-0.3, -0.25) is 33.4 Å². The average molecular weight is 1810 g/mol. The highest BCUT2D eigenvalue weighted by Crippen LogP contribution is 2.33. The van der Waals surface area contributed by atoms with Crippen molar-refractivity contribution >= 4 is 74.4 Å². The molecule has 5 heterocycles. The van der Waals surface area contributed by atoms with E-state index in [1.807, 2.05) is 30.3 Å². The fraction of sp³-hybridized carbons (Fsp3) is 0.667. The third-order valence-corrected chi connectivity index (χ3v) is 17.4. The van der Waals surface area contributed by atoms with Crippen LogP contribution in [0.5, 0.6) is 5.75 Å². The Hall–Kier alpha value is -7.83. The molecule has 4 N–H and O–H groups in total. The van der Waals surface area contributed by atoms with Crippen LogP contribution in [0.3, 0.4) is 0 Å². The number of nitrogens with zero attached hydrogens (tertiary/aromatic N) is 10. The van der Waals surface area contributed by atoms with Gasteiger partial charge in [0.25, 0.3) is 17.6 Å². The summed E-state index contributed by atoms with van der Waals surface area (Å²) in [5, 5.41) is 31.0. The normalized spacial score (nSPS) is 12.2. The number of ketones is 1. The monoisotopic (exact) mass is 1810 g/mol. The van der Waals surface area contributed by atoms with Crippen LogP contribution < -0.4 is 20.7 Å². The molecule has 5 amide bonds. The van der Waals surface area contributed by atoms with Gasteiger partial charge in [0.2, 0.25) is 23.5 Å². The molecule has 120 heavy (non-hydrogen) atoms. The molecule has 1 fully saturated rings. The zero-order valence-electron chi connectivity index (χ0n) is 68.9. The summed E-state index contributed by atoms with van der Waals surface area (Å²) in [6.45, 7) is 15.0. The lowest BCUT2D eigenvalue weighted by atomic mass is 9.93. The van der Waals surface area contributed by atoms with E-state index in [1.54, 1.807) is 18.0 Å². The van der Waals surface area contributed by atoms with E-state index in [0.717, 1.165) is 11.1 Å². The van der Waals surface area contributed by atoms with Gasteiger partial charge in [0, 0.05) is 46.0 Å². The van der Waals surface area contributed by atoms with Crippen molar-refractivity contribution in [2.24, 2.45) is 0 Å². The molecule has 0 atom stereocenters. The number of hydrogen-bond donors (Lipinski definition) is 4. The van der Waals surface area contributed by atoms with Crippen LogP contribution in [0.2, 0.25) is 0 Å². The summed E-state index contributed by atoms with van der Waals surface area (Å²) in [5.74, 6) is -3.11. The molecule has 5 aromatic rings. The Bertz CT molecular complexity index is 3660. The van der Waals surface area contributed by atoms with Crippen molar-refractivity contribution in [3.63, 3.8) is 0 Å². The molecular formula is C78H119IN14O27. The van der Waals surface area contributed by atoms with Gasteiger partial charge in [-0.15, -0.1) is 10.2 Å². The summed E-state index contributed by atoms with van der Waals surface area (Å²) < 4.78 is 119. The first-order valence-corrected chi connectivity index (χ1v) is 41.5. The molecular weight excluding hydrogens is 1690 g/mol. The van der Waals surface area contributed by atoms with E-state index in [4.69, 9.17) is 99.5 Å². The number of fused-ring (bicyclic) bond motifs is 1. The molecule has 42 heteroatoms. The summed E-state index contributed by atoms with van der Waals surface area (Å²) in [7, 11) is 3.06. The number of benzene rings is 1. The highest BCUT2D eigenvalue weighted by Gasteiger charge is 2.31. The third-order valence-electron chi connectivity index (χ3n) is 16.9. The number of aromatic nitrogens is 8. The number of amides is 5. The predicted octanol–water partition coefficient (Wildman–Crippen LogP) is 1.26. The predicted molar refractivity (Wildman–Crippen MR) is 437 cm³/mol. The maximum absolute atomic E-state index is 13.8. The number of rotatable bonds is 76. The number of likely N-dealkylation sites (tertiary alicyclic amines) is 1. The van der Waals surface area contributed by atoms with E-state index in [1.165, 1.54) is 40.3 Å². The Morgan fingerprint density at radius 2 is 0.975 bits per heavy atom. The first-order chi connectivity index (χ1) is 59.0. The van der Waals surface area contributed by atoms with Crippen molar-refractivity contribution in [1.29, 1.82) is 5.26 Å². The van der Waals surface area contributed by atoms with E-state index in [0.29, 0.717) is 225 Å². The average Bonchev–Trinajstić information content (AvgIpc) is 1.60. The lowest BCUT2D eigenvalue weighted by Crippen LogP contribution is -2.46. The molecule has 0 spiro atoms. The molecule has 0 bridgehead atoms. The minimum absolute atomic E-state index is 0.0453. The van der Waals surface area contributed by atoms with E-state index in [2.05, 4.69) is 75.0 Å². The number of allylic oxidation sites excluding steroid dienone is 1. The molecule has 670 valence electrons. The largest absolute Gasteiger partial charge is 0.494 e. The molecule has 4 aromatic heterocycles. The second-order valence-corrected chi connectivity index (χ2v) is 26.2. The van der Waals surface area contributed by atoms with Gasteiger partial charge >= 0.3 is 0 Å². The Labute approximate surface area is 712 Å². The lowest BCUT2D eigenvalue weighted by molar-refractivity contribution is -0.140. The number of Topliss-reactive ketones (excluding diaryl/α,β-unsaturated/α-hetero) is 1. The van der Waals surface area contributed by atoms with Crippen LogP contribution in [-0.2, 0) is 127 Å². The zero-order valence-corrected chi connectivity index (χ0v) is 71.1. The molecule has 0 saturated carbocycles. The quantitative estimate of drug-likeness (QED) is 0.0106. The highest BCUT2D eigenvalue weighted by atomic mass is 127. The number of halogens is 1. The van der Waals surface area contributed by atoms with Gasteiger partial charge in [-0.25, -0.2) is 9.97 Å². The molecule has 1 aromatic carbocycles. The van der Waals surface area contributed by atoms with Crippen molar-refractivity contribution in [3.8, 4) is 17.6 Å². The number of piperidine rings is 1. The standard InChI is InChI=1S/C78H119IN14O27/c1-100-20-21-105-28-29-109-32-33-111-36-37-113-40-41-115-44-45-116-43-42-114-39-38-112-35-34-110-31-30-107-26-23-103-18-12-82-70(95)59-91(71(96)10-17-102-22-25-106-47-49-118-51-53-120-61-79)58-69(94)81-11-16-92-57-65(87-89-92)60-119-52-50-117-48-46-108-27-24-104-19-13-83-77(98)75-86-62-93(88-75)76-73-72(68(101-2)56-85-76)67(55-84-73)74(97)78(99)90-14-8-64(9-15-90)66(54-80)63-6-4-3-5-7-63/h3-7,55-57,62,84H,8-53,58-61H2,1-2H3,(H,81,94)(H,82,95)(H,83,98). The van der Waals surface area contributed by atoms with Crippen LogP contribution in [0.25, 0.3) is 22.3 Å². The number of carbonyl (C=O) groups excluding carboxylic acids is 6. The van der Waals surface area contributed by atoms with Gasteiger partial charge in [-0.1, -0.05) is 58.1 Å². The van der Waals surface area contributed by atoms with Crippen molar-refractivity contribution in [1.82, 2.24) is 65.5 Å². The summed E-state index contributed by atoms with van der Waals surface area (Å²) in [6, 6.07) is 11.7. The number of aromatic amines is 1. The van der Waals surface area contributed by atoms with E-state index >= 15 is 0 Å².